The number of aromatic carboxylic acids is 1. The summed E-state index contributed by atoms with van der Waals surface area (Å²) in [6.45, 7) is 0. The number of amides is 1. The number of rotatable bonds is 4. The number of aromatic nitrogens is 1. The fraction of sp³-hybridized carbons (Fsp3) is 0. The average molecular weight is 435 g/mol. The zero-order chi connectivity index (χ0) is 18.8. The van der Waals surface area contributed by atoms with Crippen LogP contribution in [0.5, 0.6) is 0 Å². The summed E-state index contributed by atoms with van der Waals surface area (Å²) in [6, 6.07) is 11.3. The predicted octanol–water partition coefficient (Wildman–Crippen LogP) is 3.53. The zero-order valence-corrected chi connectivity index (χ0v) is 15.4. The normalized spacial score (nSPS) is 10.5. The topological polar surface area (TPSA) is 109 Å². The van der Waals surface area contributed by atoms with Gasteiger partial charge >= 0.3 is 5.97 Å². The Morgan fingerprint density at radius 2 is 1.88 bits per heavy atom. The summed E-state index contributed by atoms with van der Waals surface area (Å²) in [5, 5.41) is 21.5. The number of thiophene rings is 1. The summed E-state index contributed by atoms with van der Waals surface area (Å²) in [6.07, 6.45) is 1.12. The number of benzene rings is 1. The molecule has 3 N–H and O–H groups in total. The Labute approximate surface area is 159 Å². The molecule has 0 aliphatic rings. The highest BCUT2D eigenvalue weighted by molar-refractivity contribution is 9.11. The van der Waals surface area contributed by atoms with Crippen LogP contribution in [-0.2, 0) is 0 Å². The van der Waals surface area contributed by atoms with Crippen LogP contribution in [0.1, 0.15) is 20.0 Å². The Morgan fingerprint density at radius 3 is 2.54 bits per heavy atom. The molecule has 0 unspecified atom stereocenters. The van der Waals surface area contributed by atoms with E-state index in [0.717, 1.165) is 9.98 Å². The second kappa shape index (κ2) is 7.14. The number of carboxylic acid groups (broad SMARTS) is 1. The second-order valence-corrected chi connectivity index (χ2v) is 7.70. The summed E-state index contributed by atoms with van der Waals surface area (Å²) in [5.74, 6) is -1.72. The smallest absolute Gasteiger partial charge is 0.341 e. The molecule has 9 heteroatoms. The van der Waals surface area contributed by atoms with E-state index in [1.165, 1.54) is 17.4 Å². The largest absolute Gasteiger partial charge is 0.477 e. The van der Waals surface area contributed by atoms with Crippen molar-refractivity contribution in [3.05, 3.63) is 73.2 Å². The molecule has 0 saturated carbocycles. The highest BCUT2D eigenvalue weighted by atomic mass is 79.9. The summed E-state index contributed by atoms with van der Waals surface area (Å²) in [7, 11) is 0. The van der Waals surface area contributed by atoms with E-state index in [-0.39, 0.29) is 10.6 Å². The highest BCUT2D eigenvalue weighted by Crippen LogP contribution is 2.25. The molecule has 1 aromatic carbocycles. The van der Waals surface area contributed by atoms with E-state index in [2.05, 4.69) is 21.2 Å². The molecular weight excluding hydrogens is 424 g/mol. The molecule has 2 heterocycles. The van der Waals surface area contributed by atoms with Crippen molar-refractivity contribution >= 4 is 44.8 Å². The summed E-state index contributed by atoms with van der Waals surface area (Å²) in [4.78, 5) is 35.5. The number of halogens is 1. The van der Waals surface area contributed by atoms with Crippen molar-refractivity contribution in [2.45, 2.75) is 0 Å². The number of nitrogens with zero attached hydrogens (tertiary/aromatic N) is 1. The summed E-state index contributed by atoms with van der Waals surface area (Å²) in [5.41, 5.74) is -0.235. The van der Waals surface area contributed by atoms with Crippen LogP contribution in [-0.4, -0.2) is 26.9 Å². The highest BCUT2D eigenvalue weighted by Gasteiger charge is 2.14. The van der Waals surface area contributed by atoms with Gasteiger partial charge in [-0.1, -0.05) is 12.1 Å². The van der Waals surface area contributed by atoms with Crippen LogP contribution in [0.3, 0.4) is 0 Å². The number of pyridine rings is 1. The lowest BCUT2D eigenvalue weighted by molar-refractivity contribution is 0.0687. The monoisotopic (exact) mass is 434 g/mol. The second-order valence-electron chi connectivity index (χ2n) is 5.24. The lowest BCUT2D eigenvalue weighted by Crippen LogP contribution is -2.24. The molecule has 0 radical (unpaired) electrons. The molecule has 0 atom stereocenters. The molecule has 3 rings (SSSR count). The van der Waals surface area contributed by atoms with E-state index >= 15 is 0 Å². The first-order chi connectivity index (χ1) is 12.3. The molecule has 7 nitrogen and oxygen atoms in total. The van der Waals surface area contributed by atoms with Crippen molar-refractivity contribution < 1.29 is 19.9 Å². The van der Waals surface area contributed by atoms with Gasteiger partial charge < -0.3 is 15.6 Å². The number of nitrogens with one attached hydrogen (secondary N) is 1. The molecule has 0 spiro atoms. The van der Waals surface area contributed by atoms with Crippen LogP contribution < -0.4 is 10.9 Å². The Hall–Kier alpha value is -2.91. The van der Waals surface area contributed by atoms with Crippen molar-refractivity contribution in [3.8, 4) is 11.1 Å². The Balaban J connectivity index is 1.94. The maximum Gasteiger partial charge on any atom is 0.341 e. The first kappa shape index (κ1) is 17.9. The predicted molar refractivity (Wildman–Crippen MR) is 100 cm³/mol. The summed E-state index contributed by atoms with van der Waals surface area (Å²) >= 11 is 4.59. The van der Waals surface area contributed by atoms with E-state index in [4.69, 9.17) is 5.11 Å². The van der Waals surface area contributed by atoms with Crippen molar-refractivity contribution in [2.75, 3.05) is 5.32 Å². The van der Waals surface area contributed by atoms with Gasteiger partial charge in [0.15, 0.2) is 0 Å². The lowest BCUT2D eigenvalue weighted by atomic mass is 10.1. The minimum Gasteiger partial charge on any atom is -0.477 e. The van der Waals surface area contributed by atoms with Crippen LogP contribution in [0, 0.1) is 0 Å². The van der Waals surface area contributed by atoms with Gasteiger partial charge in [-0.15, -0.1) is 11.3 Å². The molecule has 0 bridgehead atoms. The van der Waals surface area contributed by atoms with Crippen molar-refractivity contribution in [3.63, 3.8) is 0 Å². The maximum atomic E-state index is 12.2. The van der Waals surface area contributed by atoms with Gasteiger partial charge in [0, 0.05) is 11.3 Å². The van der Waals surface area contributed by atoms with Gasteiger partial charge in [0.2, 0.25) is 0 Å². The third kappa shape index (κ3) is 3.68. The van der Waals surface area contributed by atoms with E-state index in [9.17, 15) is 19.6 Å². The number of anilines is 1. The molecule has 0 fully saturated rings. The molecule has 0 aliphatic heterocycles. The minimum absolute atomic E-state index is 0.229. The van der Waals surface area contributed by atoms with Crippen LogP contribution in [0.4, 0.5) is 5.69 Å². The number of carbonyl (C=O) groups excluding carboxylic acids is 1. The molecule has 3 aromatic rings. The van der Waals surface area contributed by atoms with Gasteiger partial charge in [0.25, 0.3) is 11.5 Å². The van der Waals surface area contributed by atoms with Crippen molar-refractivity contribution in [2.24, 2.45) is 0 Å². The van der Waals surface area contributed by atoms with E-state index in [1.807, 2.05) is 0 Å². The van der Waals surface area contributed by atoms with Crippen molar-refractivity contribution in [1.29, 1.82) is 0 Å². The van der Waals surface area contributed by atoms with Crippen molar-refractivity contribution in [1.82, 2.24) is 4.73 Å². The standard InChI is InChI=1S/C17H11BrN2O5S/c18-14-5-4-13(26-14)15(21)19-11-3-1-2-9(6-11)10-7-12(17(23)24)16(22)20(25)8-10/h1-8,25H,(H,19,21)(H,23,24). The van der Waals surface area contributed by atoms with E-state index in [0.29, 0.717) is 21.7 Å². The number of hydrogen-bond acceptors (Lipinski definition) is 5. The molecule has 1 amide bonds. The van der Waals surface area contributed by atoms with Gasteiger partial charge in [0.05, 0.1) is 14.9 Å². The third-order valence-corrected chi connectivity index (χ3v) is 5.10. The quantitative estimate of drug-likeness (QED) is 0.544. The number of carboxylic acids is 1. The minimum atomic E-state index is -1.44. The van der Waals surface area contributed by atoms with E-state index < -0.39 is 17.1 Å². The van der Waals surface area contributed by atoms with Crippen LogP contribution >= 0.6 is 27.3 Å². The SMILES string of the molecule is O=C(Nc1cccc(-c2cc(C(=O)O)c(=O)n(O)c2)c1)c1ccc(Br)s1. The average Bonchev–Trinajstić information content (AvgIpc) is 3.04. The number of carbonyl (C=O) groups is 2. The molecule has 0 saturated heterocycles. The van der Waals surface area contributed by atoms with Crippen LogP contribution in [0.25, 0.3) is 11.1 Å². The maximum absolute atomic E-state index is 12.2. The summed E-state index contributed by atoms with van der Waals surface area (Å²) < 4.78 is 1.07. The Morgan fingerprint density at radius 1 is 1.12 bits per heavy atom. The van der Waals surface area contributed by atoms with Gasteiger partial charge in [-0.05, 0) is 51.8 Å². The zero-order valence-electron chi connectivity index (χ0n) is 13.0. The first-order valence-corrected chi connectivity index (χ1v) is 8.82. The molecule has 2 aromatic heterocycles. The molecule has 132 valence electrons. The molecular formula is C17H11BrN2O5S. The third-order valence-electron chi connectivity index (χ3n) is 3.48. The van der Waals surface area contributed by atoms with Gasteiger partial charge in [-0.25, -0.2) is 4.79 Å². The number of hydrogen-bond donors (Lipinski definition) is 3. The van der Waals surface area contributed by atoms with Gasteiger partial charge in [-0.2, -0.15) is 4.73 Å². The Bertz CT molecular complexity index is 1070. The van der Waals surface area contributed by atoms with Gasteiger partial charge in [0.1, 0.15) is 5.56 Å². The van der Waals surface area contributed by atoms with E-state index in [1.54, 1.807) is 36.4 Å². The lowest BCUT2D eigenvalue weighted by Gasteiger charge is -2.08. The first-order valence-electron chi connectivity index (χ1n) is 7.21. The fourth-order valence-electron chi connectivity index (χ4n) is 2.28. The fourth-order valence-corrected chi connectivity index (χ4v) is 3.57. The van der Waals surface area contributed by atoms with Crippen LogP contribution in [0.15, 0.2) is 57.2 Å². The van der Waals surface area contributed by atoms with Crippen LogP contribution in [0.2, 0.25) is 0 Å². The Kier molecular flexibility index (Phi) is 4.92. The molecule has 26 heavy (non-hydrogen) atoms. The van der Waals surface area contributed by atoms with Gasteiger partial charge in [-0.3, -0.25) is 9.59 Å². The molecule has 0 aliphatic carbocycles.